The molecule has 0 amide bonds. The molecular formula is C14H14N2O4. The smallest absolute Gasteiger partial charge is 0.338 e. The van der Waals surface area contributed by atoms with E-state index in [4.69, 9.17) is 9.26 Å². The number of aromatic nitrogens is 1. The molecule has 2 aromatic rings. The molecule has 0 spiro atoms. The van der Waals surface area contributed by atoms with Crippen LogP contribution in [0.25, 0.3) is 12.2 Å². The minimum Gasteiger partial charge on any atom is -0.493 e. The second-order valence-electron chi connectivity index (χ2n) is 4.03. The molecule has 0 bridgehead atoms. The van der Waals surface area contributed by atoms with Crippen molar-refractivity contribution in [1.29, 1.82) is 0 Å². The largest absolute Gasteiger partial charge is 0.493 e. The van der Waals surface area contributed by atoms with Crippen molar-refractivity contribution in [1.82, 2.24) is 5.16 Å². The molecule has 2 rings (SSSR count). The molecule has 0 radical (unpaired) electrons. The first kappa shape index (κ1) is 13.8. The Morgan fingerprint density at radius 3 is 2.85 bits per heavy atom. The number of benzene rings is 1. The van der Waals surface area contributed by atoms with Gasteiger partial charge in [-0.05, 0) is 25.1 Å². The van der Waals surface area contributed by atoms with E-state index in [1.807, 2.05) is 31.2 Å². The summed E-state index contributed by atoms with van der Waals surface area (Å²) >= 11 is 0. The predicted octanol–water partition coefficient (Wildman–Crippen LogP) is 3.46. The van der Waals surface area contributed by atoms with Gasteiger partial charge < -0.3 is 9.26 Å². The number of rotatable bonds is 5. The van der Waals surface area contributed by atoms with E-state index in [-0.39, 0.29) is 17.1 Å². The van der Waals surface area contributed by atoms with Gasteiger partial charge in [-0.25, -0.2) is 0 Å². The van der Waals surface area contributed by atoms with Crippen LogP contribution in [0.3, 0.4) is 0 Å². The fraction of sp³-hybridized carbons (Fsp3) is 0.214. The third kappa shape index (κ3) is 2.85. The van der Waals surface area contributed by atoms with Gasteiger partial charge in [0.2, 0.25) is 5.76 Å². The van der Waals surface area contributed by atoms with Gasteiger partial charge in [0.05, 0.1) is 11.5 Å². The van der Waals surface area contributed by atoms with E-state index < -0.39 is 4.92 Å². The zero-order valence-corrected chi connectivity index (χ0v) is 11.2. The highest BCUT2D eigenvalue weighted by molar-refractivity contribution is 5.74. The van der Waals surface area contributed by atoms with E-state index in [1.165, 1.54) is 6.92 Å². The van der Waals surface area contributed by atoms with Crippen LogP contribution >= 0.6 is 0 Å². The third-order valence-corrected chi connectivity index (χ3v) is 2.68. The monoisotopic (exact) mass is 274 g/mol. The highest BCUT2D eigenvalue weighted by Gasteiger charge is 2.21. The first-order chi connectivity index (χ1) is 9.63. The molecule has 0 atom stereocenters. The molecule has 1 aromatic heterocycles. The number of nitro groups is 1. The quantitative estimate of drug-likeness (QED) is 0.616. The van der Waals surface area contributed by atoms with Crippen LogP contribution in [0.15, 0.2) is 28.8 Å². The zero-order chi connectivity index (χ0) is 14.5. The van der Waals surface area contributed by atoms with Gasteiger partial charge >= 0.3 is 5.69 Å². The van der Waals surface area contributed by atoms with Crippen LogP contribution < -0.4 is 4.74 Å². The molecule has 20 heavy (non-hydrogen) atoms. The molecule has 0 N–H and O–H groups in total. The second kappa shape index (κ2) is 6.01. The molecule has 0 fully saturated rings. The molecular weight excluding hydrogens is 260 g/mol. The van der Waals surface area contributed by atoms with Gasteiger partial charge in [-0.15, -0.1) is 0 Å². The Labute approximate surface area is 115 Å². The highest BCUT2D eigenvalue weighted by atomic mass is 16.6. The molecule has 0 aliphatic rings. The highest BCUT2D eigenvalue weighted by Crippen LogP contribution is 2.26. The standard InChI is InChI=1S/C14H14N2O4/c1-3-19-13-7-5-4-6-11(13)8-9-12-14(16(17)18)10(2)20-15-12/h4-9H,3H2,1-2H3/b9-8+. The Kier molecular flexibility index (Phi) is 4.14. The molecule has 6 heteroatoms. The van der Waals surface area contributed by atoms with E-state index in [0.717, 1.165) is 5.56 Å². The van der Waals surface area contributed by atoms with Crippen LogP contribution in [0.4, 0.5) is 5.69 Å². The van der Waals surface area contributed by atoms with Crippen molar-refractivity contribution in [3.8, 4) is 5.75 Å². The van der Waals surface area contributed by atoms with Gasteiger partial charge in [0.1, 0.15) is 5.75 Å². The van der Waals surface area contributed by atoms with Gasteiger partial charge in [0.15, 0.2) is 5.69 Å². The van der Waals surface area contributed by atoms with Crippen LogP contribution in [-0.4, -0.2) is 16.7 Å². The van der Waals surface area contributed by atoms with Gasteiger partial charge in [0, 0.05) is 12.5 Å². The Balaban J connectivity index is 2.33. The fourth-order valence-corrected chi connectivity index (χ4v) is 1.79. The number of hydrogen-bond donors (Lipinski definition) is 0. The van der Waals surface area contributed by atoms with Crippen LogP contribution in [0, 0.1) is 17.0 Å². The Bertz CT molecular complexity index is 646. The molecule has 1 aromatic carbocycles. The Hall–Kier alpha value is -2.63. The van der Waals surface area contributed by atoms with Crippen molar-refractivity contribution >= 4 is 17.8 Å². The summed E-state index contributed by atoms with van der Waals surface area (Å²) in [4.78, 5) is 10.4. The van der Waals surface area contributed by atoms with Crippen molar-refractivity contribution in [3.63, 3.8) is 0 Å². The summed E-state index contributed by atoms with van der Waals surface area (Å²) in [6.07, 6.45) is 3.27. The topological polar surface area (TPSA) is 78.4 Å². The van der Waals surface area contributed by atoms with Crippen molar-refractivity contribution in [2.45, 2.75) is 13.8 Å². The molecule has 0 unspecified atom stereocenters. The summed E-state index contributed by atoms with van der Waals surface area (Å²) in [6.45, 7) is 3.96. The number of hydrogen-bond acceptors (Lipinski definition) is 5. The summed E-state index contributed by atoms with van der Waals surface area (Å²) in [5, 5.41) is 14.6. The lowest BCUT2D eigenvalue weighted by atomic mass is 10.1. The van der Waals surface area contributed by atoms with E-state index >= 15 is 0 Å². The van der Waals surface area contributed by atoms with Crippen LogP contribution in [0.5, 0.6) is 5.75 Å². The van der Waals surface area contributed by atoms with E-state index in [0.29, 0.717) is 12.4 Å². The first-order valence-corrected chi connectivity index (χ1v) is 6.14. The normalized spacial score (nSPS) is 10.9. The van der Waals surface area contributed by atoms with Gasteiger partial charge in [-0.2, -0.15) is 0 Å². The molecule has 104 valence electrons. The number of nitrogens with zero attached hydrogens (tertiary/aromatic N) is 2. The number of ether oxygens (including phenoxy) is 1. The minimum atomic E-state index is -0.500. The van der Waals surface area contributed by atoms with Crippen LogP contribution in [-0.2, 0) is 0 Å². The maximum absolute atomic E-state index is 10.9. The summed E-state index contributed by atoms with van der Waals surface area (Å²) < 4.78 is 10.3. The lowest BCUT2D eigenvalue weighted by molar-refractivity contribution is -0.386. The van der Waals surface area contributed by atoms with Crippen molar-refractivity contribution < 1.29 is 14.2 Å². The maximum Gasteiger partial charge on any atom is 0.338 e. The molecule has 0 saturated heterocycles. The van der Waals surface area contributed by atoms with E-state index in [1.54, 1.807) is 12.2 Å². The van der Waals surface area contributed by atoms with Gasteiger partial charge in [-0.3, -0.25) is 10.1 Å². The third-order valence-electron chi connectivity index (χ3n) is 2.68. The lowest BCUT2D eigenvalue weighted by Gasteiger charge is -2.05. The Morgan fingerprint density at radius 1 is 1.40 bits per heavy atom. The molecule has 1 heterocycles. The maximum atomic E-state index is 10.9. The summed E-state index contributed by atoms with van der Waals surface area (Å²) in [5.41, 5.74) is 0.901. The first-order valence-electron chi connectivity index (χ1n) is 6.14. The average molecular weight is 274 g/mol. The number of aryl methyl sites for hydroxylation is 1. The van der Waals surface area contributed by atoms with Crippen molar-refractivity contribution in [3.05, 3.63) is 51.4 Å². The predicted molar refractivity (Wildman–Crippen MR) is 74.4 cm³/mol. The number of para-hydroxylation sites is 1. The Morgan fingerprint density at radius 2 is 2.15 bits per heavy atom. The summed E-state index contributed by atoms with van der Waals surface area (Å²) in [5.74, 6) is 0.905. The SMILES string of the molecule is CCOc1ccccc1/C=C/c1noc(C)c1[N+](=O)[O-]. The molecule has 0 aliphatic carbocycles. The summed E-state index contributed by atoms with van der Waals surface area (Å²) in [7, 11) is 0. The lowest BCUT2D eigenvalue weighted by Crippen LogP contribution is -1.93. The van der Waals surface area contributed by atoms with Gasteiger partial charge in [0.25, 0.3) is 0 Å². The fourth-order valence-electron chi connectivity index (χ4n) is 1.79. The van der Waals surface area contributed by atoms with E-state index in [2.05, 4.69) is 5.16 Å². The van der Waals surface area contributed by atoms with Crippen LogP contribution in [0.2, 0.25) is 0 Å². The molecule has 6 nitrogen and oxygen atoms in total. The van der Waals surface area contributed by atoms with E-state index in [9.17, 15) is 10.1 Å². The molecule has 0 aliphatic heterocycles. The minimum absolute atomic E-state index is 0.116. The van der Waals surface area contributed by atoms with Crippen molar-refractivity contribution in [2.24, 2.45) is 0 Å². The van der Waals surface area contributed by atoms with Crippen molar-refractivity contribution in [2.75, 3.05) is 6.61 Å². The molecule has 0 saturated carbocycles. The zero-order valence-electron chi connectivity index (χ0n) is 11.2. The van der Waals surface area contributed by atoms with Crippen LogP contribution in [0.1, 0.15) is 23.9 Å². The second-order valence-corrected chi connectivity index (χ2v) is 4.03. The van der Waals surface area contributed by atoms with Gasteiger partial charge in [-0.1, -0.05) is 23.4 Å². The average Bonchev–Trinajstić information content (AvgIpc) is 2.79. The summed E-state index contributed by atoms with van der Waals surface area (Å²) in [6, 6.07) is 7.43.